The number of rotatable bonds is 2. The Labute approximate surface area is 105 Å². The Balaban J connectivity index is 2.12. The summed E-state index contributed by atoms with van der Waals surface area (Å²) in [6, 6.07) is 4.18. The van der Waals surface area contributed by atoms with Crippen LogP contribution in [0.3, 0.4) is 0 Å². The van der Waals surface area contributed by atoms with Gasteiger partial charge in [0.1, 0.15) is 11.5 Å². The van der Waals surface area contributed by atoms with E-state index in [1.54, 1.807) is 0 Å². The van der Waals surface area contributed by atoms with Crippen molar-refractivity contribution in [1.82, 2.24) is 0 Å². The Morgan fingerprint density at radius 1 is 1.35 bits per heavy atom. The van der Waals surface area contributed by atoms with E-state index in [2.05, 4.69) is 0 Å². The largest absolute Gasteiger partial charge is 0.328 e. The molecule has 1 aliphatic rings. The summed E-state index contributed by atoms with van der Waals surface area (Å²) in [6.07, 6.45) is 2.41. The first-order valence-corrected chi connectivity index (χ1v) is 6.25. The van der Waals surface area contributed by atoms with E-state index in [0.717, 1.165) is 0 Å². The number of alkyl halides is 1. The Morgan fingerprint density at radius 3 is 2.65 bits per heavy atom. The maximum atomic E-state index is 14.5. The zero-order valence-electron chi connectivity index (χ0n) is 9.56. The number of halogens is 3. The molecular weight excluding hydrogens is 244 g/mol. The topological polar surface area (TPSA) is 26.0 Å². The van der Waals surface area contributed by atoms with Crippen LogP contribution in [-0.4, -0.2) is 11.7 Å². The highest BCUT2D eigenvalue weighted by Crippen LogP contribution is 2.36. The van der Waals surface area contributed by atoms with E-state index >= 15 is 0 Å². The lowest BCUT2D eigenvalue weighted by atomic mass is 9.80. The van der Waals surface area contributed by atoms with Gasteiger partial charge in [0.25, 0.3) is 0 Å². The molecule has 17 heavy (non-hydrogen) atoms. The van der Waals surface area contributed by atoms with Crippen LogP contribution in [0.1, 0.15) is 31.2 Å². The summed E-state index contributed by atoms with van der Waals surface area (Å²) in [5.74, 6) is -0.375. The smallest absolute Gasteiger partial charge is 0.123 e. The molecule has 0 radical (unpaired) electrons. The molecule has 1 aromatic rings. The molecule has 2 rings (SSSR count). The molecule has 0 bridgehead atoms. The molecule has 0 saturated heterocycles. The van der Waals surface area contributed by atoms with E-state index in [1.807, 2.05) is 0 Å². The summed E-state index contributed by atoms with van der Waals surface area (Å²) >= 11 is 5.95. The molecule has 2 N–H and O–H groups in total. The molecule has 0 aliphatic heterocycles. The first kappa shape index (κ1) is 12.8. The average molecular weight is 260 g/mol. The van der Waals surface area contributed by atoms with Crippen LogP contribution < -0.4 is 5.73 Å². The van der Waals surface area contributed by atoms with Crippen LogP contribution in [0, 0.1) is 5.82 Å². The summed E-state index contributed by atoms with van der Waals surface area (Å²) in [4.78, 5) is 0. The van der Waals surface area contributed by atoms with Crippen molar-refractivity contribution in [2.24, 2.45) is 5.73 Å². The molecule has 94 valence electrons. The van der Waals surface area contributed by atoms with Gasteiger partial charge in [-0.05, 0) is 49.4 Å². The van der Waals surface area contributed by atoms with Gasteiger partial charge in [0.15, 0.2) is 0 Å². The minimum absolute atomic E-state index is 0.0989. The van der Waals surface area contributed by atoms with Gasteiger partial charge in [-0.2, -0.15) is 0 Å². The Kier molecular flexibility index (Phi) is 3.69. The van der Waals surface area contributed by atoms with Crippen LogP contribution in [0.2, 0.25) is 5.02 Å². The Bertz CT molecular complexity index is 400. The molecule has 1 saturated carbocycles. The van der Waals surface area contributed by atoms with Crippen LogP contribution in [0.15, 0.2) is 18.2 Å². The summed E-state index contributed by atoms with van der Waals surface area (Å²) in [5.41, 5.74) is 5.01. The first-order chi connectivity index (χ1) is 7.98. The fourth-order valence-corrected chi connectivity index (χ4v) is 2.54. The second kappa shape index (κ2) is 4.91. The lowest BCUT2D eigenvalue weighted by Gasteiger charge is -2.32. The average Bonchev–Trinajstić information content (AvgIpc) is 2.28. The Morgan fingerprint density at radius 2 is 2.00 bits per heavy atom. The lowest BCUT2D eigenvalue weighted by Crippen LogP contribution is -2.37. The minimum atomic E-state index is -1.28. The van der Waals surface area contributed by atoms with E-state index in [4.69, 9.17) is 17.3 Å². The van der Waals surface area contributed by atoms with Gasteiger partial charge in [-0.1, -0.05) is 11.6 Å². The van der Waals surface area contributed by atoms with E-state index in [-0.39, 0.29) is 18.3 Å². The molecule has 0 spiro atoms. The van der Waals surface area contributed by atoms with E-state index < -0.39 is 5.67 Å². The van der Waals surface area contributed by atoms with Gasteiger partial charge in [0.05, 0.1) is 0 Å². The summed E-state index contributed by atoms with van der Waals surface area (Å²) in [5, 5.41) is 0.429. The van der Waals surface area contributed by atoms with Crippen molar-refractivity contribution in [3.8, 4) is 0 Å². The van der Waals surface area contributed by atoms with Crippen molar-refractivity contribution in [2.75, 3.05) is 0 Å². The van der Waals surface area contributed by atoms with Crippen molar-refractivity contribution in [3.05, 3.63) is 34.6 Å². The monoisotopic (exact) mass is 259 g/mol. The number of hydrogen-bond donors (Lipinski definition) is 1. The van der Waals surface area contributed by atoms with Gasteiger partial charge in [-0.15, -0.1) is 0 Å². The van der Waals surface area contributed by atoms with Crippen molar-refractivity contribution in [1.29, 1.82) is 0 Å². The molecule has 1 aromatic carbocycles. The fraction of sp³-hybridized carbons (Fsp3) is 0.538. The predicted molar refractivity (Wildman–Crippen MR) is 65.4 cm³/mol. The molecule has 1 fully saturated rings. The van der Waals surface area contributed by atoms with Crippen molar-refractivity contribution in [3.63, 3.8) is 0 Å². The lowest BCUT2D eigenvalue weighted by molar-refractivity contribution is 0.0994. The van der Waals surface area contributed by atoms with Gasteiger partial charge in [-0.25, -0.2) is 8.78 Å². The molecule has 1 nitrogen and oxygen atoms in total. The van der Waals surface area contributed by atoms with Gasteiger partial charge < -0.3 is 5.73 Å². The molecule has 0 amide bonds. The van der Waals surface area contributed by atoms with Crippen LogP contribution in [0.25, 0.3) is 0 Å². The van der Waals surface area contributed by atoms with Crippen LogP contribution in [0.4, 0.5) is 8.78 Å². The number of nitrogens with two attached hydrogens (primary N) is 1. The molecule has 1 aliphatic carbocycles. The normalized spacial score (nSPS) is 29.3. The summed E-state index contributed by atoms with van der Waals surface area (Å²) < 4.78 is 27.6. The van der Waals surface area contributed by atoms with Crippen molar-refractivity contribution >= 4 is 11.6 Å². The van der Waals surface area contributed by atoms with Gasteiger partial charge in [0.2, 0.25) is 0 Å². The van der Waals surface area contributed by atoms with Gasteiger partial charge >= 0.3 is 0 Å². The Hall–Kier alpha value is -0.670. The highest BCUT2D eigenvalue weighted by Gasteiger charge is 2.34. The maximum absolute atomic E-state index is 14.5. The zero-order chi connectivity index (χ0) is 12.5. The zero-order valence-corrected chi connectivity index (χ0v) is 10.3. The maximum Gasteiger partial charge on any atom is 0.123 e. The minimum Gasteiger partial charge on any atom is -0.328 e. The van der Waals surface area contributed by atoms with E-state index in [9.17, 15) is 8.78 Å². The van der Waals surface area contributed by atoms with Gasteiger partial charge in [0, 0.05) is 17.5 Å². The second-order valence-corrected chi connectivity index (χ2v) is 5.31. The highest BCUT2D eigenvalue weighted by molar-refractivity contribution is 6.31. The highest BCUT2D eigenvalue weighted by atomic mass is 35.5. The van der Waals surface area contributed by atoms with Crippen LogP contribution in [0.5, 0.6) is 0 Å². The summed E-state index contributed by atoms with van der Waals surface area (Å²) in [6.45, 7) is 0. The predicted octanol–water partition coefficient (Wildman–Crippen LogP) is 3.63. The quantitative estimate of drug-likeness (QED) is 0.862. The van der Waals surface area contributed by atoms with Crippen LogP contribution >= 0.6 is 11.6 Å². The first-order valence-electron chi connectivity index (χ1n) is 5.87. The summed E-state index contributed by atoms with van der Waals surface area (Å²) in [7, 11) is 0. The number of hydrogen-bond acceptors (Lipinski definition) is 1. The fourth-order valence-electron chi connectivity index (χ4n) is 2.35. The molecule has 0 heterocycles. The van der Waals surface area contributed by atoms with Crippen molar-refractivity contribution < 1.29 is 8.78 Å². The molecule has 4 heteroatoms. The third kappa shape index (κ3) is 3.17. The van der Waals surface area contributed by atoms with Crippen molar-refractivity contribution in [2.45, 2.75) is 43.8 Å². The number of benzene rings is 1. The third-order valence-corrected chi connectivity index (χ3v) is 3.81. The second-order valence-electron chi connectivity index (χ2n) is 4.90. The molecule has 0 aromatic heterocycles. The molecule has 0 atom stereocenters. The standard InChI is InChI=1S/C13H16ClF2N/c14-12-2-1-10(15)7-9(12)8-13(16)5-3-11(17)4-6-13/h1-2,7,11H,3-6,8,17H2. The SMILES string of the molecule is NC1CCC(F)(Cc2cc(F)ccc2Cl)CC1. The molecular formula is C13H16ClF2N. The van der Waals surface area contributed by atoms with E-state index in [0.29, 0.717) is 36.3 Å². The van der Waals surface area contributed by atoms with Crippen LogP contribution in [-0.2, 0) is 6.42 Å². The van der Waals surface area contributed by atoms with Gasteiger partial charge in [-0.3, -0.25) is 0 Å². The van der Waals surface area contributed by atoms with E-state index in [1.165, 1.54) is 18.2 Å². The third-order valence-electron chi connectivity index (χ3n) is 3.44. The molecule has 0 unspecified atom stereocenters.